The summed E-state index contributed by atoms with van der Waals surface area (Å²) >= 11 is 0. The van der Waals surface area contributed by atoms with Crippen LogP contribution >= 0.6 is 0 Å². The zero-order valence-electron chi connectivity index (χ0n) is 10.4. The van der Waals surface area contributed by atoms with Gasteiger partial charge in [-0.3, -0.25) is 0 Å². The molecule has 3 nitrogen and oxygen atoms in total. The fraction of sp³-hybridized carbons (Fsp3) is 0.200. The van der Waals surface area contributed by atoms with Crippen LogP contribution in [0.25, 0.3) is 10.9 Å². The third-order valence-electron chi connectivity index (χ3n) is 2.68. The molecule has 0 amide bonds. The van der Waals surface area contributed by atoms with Crippen molar-refractivity contribution in [3.63, 3.8) is 0 Å². The van der Waals surface area contributed by atoms with Crippen molar-refractivity contribution in [3.05, 3.63) is 48.0 Å². The second kappa shape index (κ2) is 5.83. The molecule has 0 spiro atoms. The quantitative estimate of drug-likeness (QED) is 0.654. The number of para-hydroxylation sites is 1. The average molecular weight is 237 g/mol. The topological polar surface area (TPSA) is 48.7 Å². The summed E-state index contributed by atoms with van der Waals surface area (Å²) in [6.45, 7) is 2.78. The fourth-order valence-corrected chi connectivity index (χ4v) is 1.78. The summed E-state index contributed by atoms with van der Waals surface area (Å²) in [5.41, 5.74) is 1.50. The maximum Gasteiger partial charge on any atom is 0.144 e. The Kier molecular flexibility index (Phi) is 3.93. The van der Waals surface area contributed by atoms with E-state index in [4.69, 9.17) is 5.26 Å². The molecule has 0 atom stereocenters. The lowest BCUT2D eigenvalue weighted by Gasteiger charge is -2.07. The molecule has 0 saturated heterocycles. The molecule has 0 fully saturated rings. The number of rotatable bonds is 4. The van der Waals surface area contributed by atoms with Crippen LogP contribution in [0.1, 0.15) is 18.9 Å². The van der Waals surface area contributed by atoms with Crippen LogP contribution in [0.3, 0.4) is 0 Å². The van der Waals surface area contributed by atoms with Crippen LogP contribution in [0, 0.1) is 11.3 Å². The molecule has 0 aliphatic rings. The van der Waals surface area contributed by atoms with Gasteiger partial charge in [-0.05, 0) is 25.5 Å². The van der Waals surface area contributed by atoms with Gasteiger partial charge < -0.3 is 5.32 Å². The maximum atomic E-state index is 9.14. The number of anilines is 1. The van der Waals surface area contributed by atoms with E-state index in [1.165, 1.54) is 0 Å². The van der Waals surface area contributed by atoms with Crippen LogP contribution in [0.4, 0.5) is 5.82 Å². The molecular weight excluding hydrogens is 222 g/mol. The molecule has 90 valence electrons. The summed E-state index contributed by atoms with van der Waals surface area (Å²) in [7, 11) is 0. The van der Waals surface area contributed by atoms with Gasteiger partial charge in [0.2, 0.25) is 0 Å². The lowest BCUT2D eigenvalue weighted by Crippen LogP contribution is -2.04. The monoisotopic (exact) mass is 237 g/mol. The first kappa shape index (κ1) is 12.1. The van der Waals surface area contributed by atoms with E-state index in [0.717, 1.165) is 23.9 Å². The second-order valence-electron chi connectivity index (χ2n) is 3.97. The van der Waals surface area contributed by atoms with Crippen LogP contribution in [0.5, 0.6) is 0 Å². The Labute approximate surface area is 107 Å². The van der Waals surface area contributed by atoms with Crippen molar-refractivity contribution >= 4 is 16.7 Å². The molecule has 2 rings (SSSR count). The summed E-state index contributed by atoms with van der Waals surface area (Å²) < 4.78 is 0. The smallest absolute Gasteiger partial charge is 0.144 e. The van der Waals surface area contributed by atoms with Gasteiger partial charge in [-0.15, -0.1) is 0 Å². The van der Waals surface area contributed by atoms with Crippen molar-refractivity contribution in [1.82, 2.24) is 4.98 Å². The van der Waals surface area contributed by atoms with E-state index in [1.54, 1.807) is 0 Å². The Bertz CT molecular complexity index is 609. The van der Waals surface area contributed by atoms with E-state index < -0.39 is 0 Å². The SMILES string of the molecule is C/C=C/CCNc1nc2ccccc2cc1C#N. The number of allylic oxidation sites excluding steroid dienone is 1. The molecule has 0 bridgehead atoms. The molecule has 0 saturated carbocycles. The lowest BCUT2D eigenvalue weighted by atomic mass is 10.1. The largest absolute Gasteiger partial charge is 0.369 e. The zero-order valence-corrected chi connectivity index (χ0v) is 10.4. The van der Waals surface area contributed by atoms with E-state index in [0.29, 0.717) is 11.4 Å². The minimum absolute atomic E-state index is 0.592. The maximum absolute atomic E-state index is 9.14. The Balaban J connectivity index is 2.28. The molecule has 0 radical (unpaired) electrons. The first-order valence-corrected chi connectivity index (χ1v) is 6.00. The van der Waals surface area contributed by atoms with Gasteiger partial charge in [0, 0.05) is 11.9 Å². The molecule has 18 heavy (non-hydrogen) atoms. The fourth-order valence-electron chi connectivity index (χ4n) is 1.78. The number of nitrogens with one attached hydrogen (secondary N) is 1. The van der Waals surface area contributed by atoms with E-state index in [9.17, 15) is 0 Å². The van der Waals surface area contributed by atoms with E-state index in [2.05, 4.69) is 22.4 Å². The van der Waals surface area contributed by atoms with E-state index >= 15 is 0 Å². The van der Waals surface area contributed by atoms with Gasteiger partial charge in [-0.1, -0.05) is 30.4 Å². The van der Waals surface area contributed by atoms with Crippen molar-refractivity contribution in [3.8, 4) is 6.07 Å². The van der Waals surface area contributed by atoms with Gasteiger partial charge in [-0.25, -0.2) is 4.98 Å². The summed E-state index contributed by atoms with van der Waals surface area (Å²) in [4.78, 5) is 4.49. The van der Waals surface area contributed by atoms with E-state index in [-0.39, 0.29) is 0 Å². The number of aromatic nitrogens is 1. The van der Waals surface area contributed by atoms with Crippen molar-refractivity contribution < 1.29 is 0 Å². The normalized spacial score (nSPS) is 10.7. The molecular formula is C15H15N3. The van der Waals surface area contributed by atoms with Gasteiger partial charge in [-0.2, -0.15) is 5.26 Å². The summed E-state index contributed by atoms with van der Waals surface area (Å²) in [6.07, 6.45) is 5.02. The number of hydrogen-bond donors (Lipinski definition) is 1. The van der Waals surface area contributed by atoms with Gasteiger partial charge in [0.05, 0.1) is 11.1 Å². The highest BCUT2D eigenvalue weighted by molar-refractivity contribution is 5.82. The molecule has 1 aromatic carbocycles. The highest BCUT2D eigenvalue weighted by Crippen LogP contribution is 2.19. The Hall–Kier alpha value is -2.34. The predicted octanol–water partition coefficient (Wildman–Crippen LogP) is 3.48. The van der Waals surface area contributed by atoms with Gasteiger partial charge in [0.1, 0.15) is 11.9 Å². The number of nitrogens with zero attached hydrogens (tertiary/aromatic N) is 2. The first-order chi connectivity index (χ1) is 8.85. The van der Waals surface area contributed by atoms with Crippen LogP contribution < -0.4 is 5.32 Å². The number of hydrogen-bond acceptors (Lipinski definition) is 3. The number of pyridine rings is 1. The molecule has 3 heteroatoms. The minimum atomic E-state index is 0.592. The predicted molar refractivity (Wildman–Crippen MR) is 74.4 cm³/mol. The Morgan fingerprint density at radius 1 is 1.39 bits per heavy atom. The third-order valence-corrected chi connectivity index (χ3v) is 2.68. The van der Waals surface area contributed by atoms with Crippen LogP contribution in [-0.4, -0.2) is 11.5 Å². The van der Waals surface area contributed by atoms with Gasteiger partial charge in [0.15, 0.2) is 0 Å². The number of nitriles is 1. The van der Waals surface area contributed by atoms with Gasteiger partial charge >= 0.3 is 0 Å². The summed E-state index contributed by atoms with van der Waals surface area (Å²) in [5.74, 6) is 0.667. The highest BCUT2D eigenvalue weighted by Gasteiger charge is 2.05. The van der Waals surface area contributed by atoms with Crippen LogP contribution in [-0.2, 0) is 0 Å². The number of benzene rings is 1. The average Bonchev–Trinajstić information content (AvgIpc) is 2.42. The first-order valence-electron chi connectivity index (χ1n) is 6.00. The summed E-state index contributed by atoms with van der Waals surface area (Å²) in [6, 6.07) is 11.9. The van der Waals surface area contributed by atoms with Crippen molar-refractivity contribution in [1.29, 1.82) is 5.26 Å². The number of fused-ring (bicyclic) bond motifs is 1. The van der Waals surface area contributed by atoms with Crippen LogP contribution in [0.15, 0.2) is 42.5 Å². The van der Waals surface area contributed by atoms with Crippen molar-refractivity contribution in [2.24, 2.45) is 0 Å². The Morgan fingerprint density at radius 3 is 3.00 bits per heavy atom. The standard InChI is InChI=1S/C15H15N3/c1-2-3-6-9-17-15-13(11-16)10-12-7-4-5-8-14(12)18-15/h2-5,7-8,10H,6,9H2,1H3,(H,17,18)/b3-2+. The van der Waals surface area contributed by atoms with Crippen LogP contribution in [0.2, 0.25) is 0 Å². The molecule has 1 heterocycles. The second-order valence-corrected chi connectivity index (χ2v) is 3.97. The van der Waals surface area contributed by atoms with Crippen molar-refractivity contribution in [2.45, 2.75) is 13.3 Å². The molecule has 0 aliphatic heterocycles. The molecule has 2 aromatic rings. The third kappa shape index (κ3) is 2.67. The molecule has 1 N–H and O–H groups in total. The van der Waals surface area contributed by atoms with E-state index in [1.807, 2.05) is 43.3 Å². The molecule has 0 unspecified atom stereocenters. The van der Waals surface area contributed by atoms with Gasteiger partial charge in [0.25, 0.3) is 0 Å². The van der Waals surface area contributed by atoms with Crippen molar-refractivity contribution in [2.75, 3.05) is 11.9 Å². The molecule has 0 aliphatic carbocycles. The highest BCUT2D eigenvalue weighted by atomic mass is 15.0. The minimum Gasteiger partial charge on any atom is -0.369 e. The zero-order chi connectivity index (χ0) is 12.8. The molecule has 1 aromatic heterocycles. The lowest BCUT2D eigenvalue weighted by molar-refractivity contribution is 1.05. The summed E-state index contributed by atoms with van der Waals surface area (Å²) in [5, 5.41) is 13.3. The Morgan fingerprint density at radius 2 is 2.22 bits per heavy atom.